The number of nitrogens with two attached hydrogens (primary N) is 1. The van der Waals surface area contributed by atoms with E-state index in [1.165, 1.54) is 12.2 Å². The number of carbonyl (C=O) groups excluding carboxylic acids is 1. The number of benzene rings is 1. The van der Waals surface area contributed by atoms with Crippen LogP contribution in [0.5, 0.6) is 5.75 Å². The minimum absolute atomic E-state index is 0.00426. The molecule has 3 N–H and O–H groups in total. The topological polar surface area (TPSA) is 107 Å². The smallest absolute Gasteiger partial charge is 0.339 e. The second kappa shape index (κ2) is 5.46. The lowest BCUT2D eigenvalue weighted by Crippen LogP contribution is -2.90. The maximum atomic E-state index is 12.1. The molecule has 1 aromatic heterocycles. The molecule has 0 radical (unpaired) electrons. The third-order valence-corrected chi connectivity index (χ3v) is 4.27. The first-order chi connectivity index (χ1) is 10.5. The summed E-state index contributed by atoms with van der Waals surface area (Å²) in [6.45, 7) is 1.70. The minimum atomic E-state index is -1.18. The number of carbonyl (C=O) groups is 1. The minimum Gasteiger partial charge on any atom is -0.544 e. The number of phenolic OH excluding ortho intramolecular Hbond substituents is 1. The Hall–Kier alpha value is -2.34. The van der Waals surface area contributed by atoms with Gasteiger partial charge in [-0.3, -0.25) is 0 Å². The molecule has 0 fully saturated rings. The summed E-state index contributed by atoms with van der Waals surface area (Å²) >= 11 is 0. The van der Waals surface area contributed by atoms with Gasteiger partial charge in [-0.15, -0.1) is 0 Å². The number of phenols is 1. The molecule has 1 aliphatic carbocycles. The van der Waals surface area contributed by atoms with Crippen LogP contribution in [0.2, 0.25) is 0 Å². The Bertz CT molecular complexity index is 808. The van der Waals surface area contributed by atoms with Crippen molar-refractivity contribution < 1.29 is 24.7 Å². The third-order valence-electron chi connectivity index (χ3n) is 4.27. The lowest BCUT2D eigenvalue weighted by Gasteiger charge is -2.13. The summed E-state index contributed by atoms with van der Waals surface area (Å²) in [7, 11) is 0. The number of fused-ring (bicyclic) bond motifs is 3. The van der Waals surface area contributed by atoms with E-state index in [9.17, 15) is 19.8 Å². The summed E-state index contributed by atoms with van der Waals surface area (Å²) in [5.74, 6) is -1.18. The van der Waals surface area contributed by atoms with Crippen LogP contribution in [0.4, 0.5) is 0 Å². The molecule has 0 bridgehead atoms. The highest BCUT2D eigenvalue weighted by molar-refractivity contribution is 5.86. The van der Waals surface area contributed by atoms with Crippen LogP contribution in [0.3, 0.4) is 0 Å². The van der Waals surface area contributed by atoms with Crippen molar-refractivity contribution in [2.75, 3.05) is 0 Å². The van der Waals surface area contributed by atoms with Gasteiger partial charge in [0.15, 0.2) is 5.58 Å². The van der Waals surface area contributed by atoms with Crippen molar-refractivity contribution in [1.29, 1.82) is 0 Å². The summed E-state index contributed by atoms with van der Waals surface area (Å²) in [4.78, 5) is 22.9. The van der Waals surface area contributed by atoms with E-state index in [2.05, 4.69) is 0 Å². The number of quaternary nitrogens is 1. The van der Waals surface area contributed by atoms with Gasteiger partial charge in [0.1, 0.15) is 18.3 Å². The SMILES string of the molecule is C[C@H]([NH2+]Cc1c(O)ccc2c3c(c(=O)oc12)CCC3)C(=O)[O-]. The van der Waals surface area contributed by atoms with E-state index in [4.69, 9.17) is 4.42 Å². The molecule has 0 spiro atoms. The van der Waals surface area contributed by atoms with Crippen LogP contribution in [-0.4, -0.2) is 17.1 Å². The van der Waals surface area contributed by atoms with E-state index in [0.29, 0.717) is 11.1 Å². The van der Waals surface area contributed by atoms with Gasteiger partial charge in [0.05, 0.1) is 11.5 Å². The number of rotatable bonds is 4. The van der Waals surface area contributed by atoms with Crippen molar-refractivity contribution >= 4 is 16.9 Å². The average Bonchev–Trinajstić information content (AvgIpc) is 2.96. The molecule has 6 heteroatoms. The summed E-state index contributed by atoms with van der Waals surface area (Å²) in [6.07, 6.45) is 2.46. The molecule has 0 unspecified atom stereocenters. The molecule has 0 aliphatic heterocycles. The van der Waals surface area contributed by atoms with Gasteiger partial charge in [-0.05, 0) is 43.9 Å². The number of aryl methyl sites for hydroxylation is 1. The van der Waals surface area contributed by atoms with Gasteiger partial charge in [-0.25, -0.2) is 4.79 Å². The Morgan fingerprint density at radius 1 is 1.41 bits per heavy atom. The summed E-state index contributed by atoms with van der Waals surface area (Å²) in [6, 6.07) is 2.56. The van der Waals surface area contributed by atoms with Crippen molar-refractivity contribution in [1.82, 2.24) is 0 Å². The first-order valence-electron chi connectivity index (χ1n) is 7.32. The molecular formula is C16H17NO5. The van der Waals surface area contributed by atoms with Gasteiger partial charge >= 0.3 is 5.63 Å². The Balaban J connectivity index is 2.10. The van der Waals surface area contributed by atoms with Crippen LogP contribution < -0.4 is 16.0 Å². The molecule has 3 rings (SSSR count). The molecule has 1 atom stereocenters. The van der Waals surface area contributed by atoms with Gasteiger partial charge in [-0.2, -0.15) is 0 Å². The molecule has 1 heterocycles. The standard InChI is InChI=1S/C16H17NO5/c1-8(15(19)20)17-7-12-13(18)6-5-10-9-3-2-4-11(9)16(21)22-14(10)12/h5-6,8,17-18H,2-4,7H2,1H3,(H,19,20)/t8-/m0/s1. The number of hydrogen-bond acceptors (Lipinski definition) is 5. The number of aliphatic carboxylic acids is 1. The molecular weight excluding hydrogens is 286 g/mol. The summed E-state index contributed by atoms with van der Waals surface area (Å²) in [5.41, 5.74) is 2.14. The van der Waals surface area contributed by atoms with Gasteiger partial charge in [0.2, 0.25) is 0 Å². The van der Waals surface area contributed by atoms with Crippen LogP contribution in [0.15, 0.2) is 21.3 Å². The van der Waals surface area contributed by atoms with Gasteiger partial charge in [0.25, 0.3) is 0 Å². The number of carboxylic acids is 1. The molecule has 0 saturated carbocycles. The number of carboxylic acid groups (broad SMARTS) is 1. The van der Waals surface area contributed by atoms with Crippen LogP contribution >= 0.6 is 0 Å². The highest BCUT2D eigenvalue weighted by Gasteiger charge is 2.22. The van der Waals surface area contributed by atoms with Crippen LogP contribution in [0.25, 0.3) is 11.0 Å². The number of aromatic hydroxyl groups is 1. The molecule has 116 valence electrons. The molecule has 2 aromatic rings. The maximum absolute atomic E-state index is 12.1. The highest BCUT2D eigenvalue weighted by Crippen LogP contribution is 2.32. The maximum Gasteiger partial charge on any atom is 0.339 e. The van der Waals surface area contributed by atoms with Gasteiger partial charge in [-0.1, -0.05) is 0 Å². The predicted octanol–water partition coefficient (Wildman–Crippen LogP) is -0.811. The van der Waals surface area contributed by atoms with Crippen molar-refractivity contribution in [3.8, 4) is 5.75 Å². The van der Waals surface area contributed by atoms with Gasteiger partial charge < -0.3 is 24.7 Å². The lowest BCUT2D eigenvalue weighted by atomic mass is 10.0. The first kappa shape index (κ1) is 14.6. The van der Waals surface area contributed by atoms with Crippen LogP contribution in [0.1, 0.15) is 30.0 Å². The van der Waals surface area contributed by atoms with E-state index in [1.54, 1.807) is 12.1 Å². The fraction of sp³-hybridized carbons (Fsp3) is 0.375. The molecule has 6 nitrogen and oxygen atoms in total. The van der Waals surface area contributed by atoms with E-state index >= 15 is 0 Å². The zero-order valence-corrected chi connectivity index (χ0v) is 12.2. The molecule has 22 heavy (non-hydrogen) atoms. The molecule has 0 amide bonds. The fourth-order valence-electron chi connectivity index (χ4n) is 2.98. The van der Waals surface area contributed by atoms with Crippen molar-refractivity contribution in [3.63, 3.8) is 0 Å². The van der Waals surface area contributed by atoms with E-state index < -0.39 is 12.0 Å². The largest absolute Gasteiger partial charge is 0.544 e. The molecule has 1 aromatic carbocycles. The lowest BCUT2D eigenvalue weighted by molar-refractivity contribution is -0.695. The highest BCUT2D eigenvalue weighted by atomic mass is 16.4. The van der Waals surface area contributed by atoms with Crippen LogP contribution in [0, 0.1) is 0 Å². The predicted molar refractivity (Wildman–Crippen MR) is 76.3 cm³/mol. The van der Waals surface area contributed by atoms with E-state index in [0.717, 1.165) is 35.8 Å². The fourth-order valence-corrected chi connectivity index (χ4v) is 2.98. The Labute approximate surface area is 126 Å². The van der Waals surface area contributed by atoms with Crippen LogP contribution in [-0.2, 0) is 24.2 Å². The zero-order chi connectivity index (χ0) is 15.9. The zero-order valence-electron chi connectivity index (χ0n) is 12.2. The van der Waals surface area contributed by atoms with Crippen molar-refractivity contribution in [2.24, 2.45) is 0 Å². The van der Waals surface area contributed by atoms with E-state index in [-0.39, 0.29) is 17.9 Å². The molecule has 0 saturated heterocycles. The quantitative estimate of drug-likeness (QED) is 0.718. The molecule has 1 aliphatic rings. The average molecular weight is 303 g/mol. The summed E-state index contributed by atoms with van der Waals surface area (Å²) < 4.78 is 5.41. The Morgan fingerprint density at radius 3 is 2.86 bits per heavy atom. The Kier molecular flexibility index (Phi) is 3.62. The Morgan fingerprint density at radius 2 is 2.14 bits per heavy atom. The second-order valence-corrected chi connectivity index (χ2v) is 5.69. The normalized spacial score (nSPS) is 15.0. The monoisotopic (exact) mass is 303 g/mol. The first-order valence-corrected chi connectivity index (χ1v) is 7.32. The summed E-state index contributed by atoms with van der Waals surface area (Å²) in [5, 5.41) is 23.2. The van der Waals surface area contributed by atoms with Crippen molar-refractivity contribution in [3.05, 3.63) is 39.2 Å². The number of hydrogen-bond donors (Lipinski definition) is 2. The second-order valence-electron chi connectivity index (χ2n) is 5.69. The van der Waals surface area contributed by atoms with Crippen molar-refractivity contribution in [2.45, 2.75) is 38.8 Å². The van der Waals surface area contributed by atoms with E-state index in [1.807, 2.05) is 0 Å². The third kappa shape index (κ3) is 2.35. The van der Waals surface area contributed by atoms with Gasteiger partial charge in [0, 0.05) is 10.9 Å².